The summed E-state index contributed by atoms with van der Waals surface area (Å²) in [5.74, 6) is 0. The fourth-order valence-corrected chi connectivity index (χ4v) is 2.39. The number of hydrogen-bond donors (Lipinski definition) is 0. The van der Waals surface area contributed by atoms with Gasteiger partial charge in [0.2, 0.25) is 0 Å². The van der Waals surface area contributed by atoms with Gasteiger partial charge in [-0.25, -0.2) is 0 Å². The van der Waals surface area contributed by atoms with Crippen LogP contribution in [0.3, 0.4) is 0 Å². The molecule has 0 fully saturated rings. The van der Waals surface area contributed by atoms with Crippen LogP contribution >= 0.6 is 46.4 Å². The lowest BCUT2D eigenvalue weighted by molar-refractivity contribution is -0.384. The minimum absolute atomic E-state index is 0.107. The molecular formula is C12H5Cl4NO2. The third kappa shape index (κ3) is 3.12. The van der Waals surface area contributed by atoms with Crippen LogP contribution in [0.25, 0.3) is 11.1 Å². The van der Waals surface area contributed by atoms with Gasteiger partial charge < -0.3 is 0 Å². The normalized spacial score (nSPS) is 10.5. The van der Waals surface area contributed by atoms with Crippen LogP contribution in [0.4, 0.5) is 5.69 Å². The Balaban J connectivity index is 2.62. The molecule has 0 saturated heterocycles. The fourth-order valence-electron chi connectivity index (χ4n) is 1.57. The first-order valence-corrected chi connectivity index (χ1v) is 6.49. The number of halogens is 4. The number of non-ortho nitro benzene ring substituents is 1. The van der Waals surface area contributed by atoms with Crippen molar-refractivity contribution in [1.29, 1.82) is 0 Å². The van der Waals surface area contributed by atoms with Gasteiger partial charge in [0.1, 0.15) is 0 Å². The summed E-state index contributed by atoms with van der Waals surface area (Å²) in [4.78, 5) is 10.3. The Hall–Kier alpha value is -1.000. The zero-order chi connectivity index (χ0) is 14.2. The van der Waals surface area contributed by atoms with Gasteiger partial charge in [-0.2, -0.15) is 0 Å². The van der Waals surface area contributed by atoms with Gasteiger partial charge in [-0.15, -0.1) is 0 Å². The lowest BCUT2D eigenvalue weighted by Gasteiger charge is -2.06. The standard InChI is InChI=1S/C12H5Cl4NO2/c13-8-1-6(2-9(5-8)17(18)19)7-3-10(14)12(16)11(15)4-7/h1-5H. The van der Waals surface area contributed by atoms with Crippen LogP contribution in [0.2, 0.25) is 20.1 Å². The summed E-state index contributed by atoms with van der Waals surface area (Å²) in [6, 6.07) is 7.40. The van der Waals surface area contributed by atoms with Crippen molar-refractivity contribution in [1.82, 2.24) is 0 Å². The zero-order valence-electron chi connectivity index (χ0n) is 9.16. The lowest BCUT2D eigenvalue weighted by atomic mass is 10.1. The van der Waals surface area contributed by atoms with E-state index in [1.54, 1.807) is 18.2 Å². The number of rotatable bonds is 2. The Morgan fingerprint density at radius 2 is 1.37 bits per heavy atom. The Morgan fingerprint density at radius 1 is 0.842 bits per heavy atom. The van der Waals surface area contributed by atoms with E-state index < -0.39 is 4.92 Å². The third-order valence-electron chi connectivity index (χ3n) is 2.41. The number of nitro groups is 1. The van der Waals surface area contributed by atoms with Gasteiger partial charge >= 0.3 is 0 Å². The predicted molar refractivity (Wildman–Crippen MR) is 78.6 cm³/mol. The van der Waals surface area contributed by atoms with E-state index in [1.807, 2.05) is 0 Å². The van der Waals surface area contributed by atoms with Gasteiger partial charge in [0.15, 0.2) is 0 Å². The molecule has 0 N–H and O–H groups in total. The highest BCUT2D eigenvalue weighted by molar-refractivity contribution is 6.48. The Morgan fingerprint density at radius 3 is 1.89 bits per heavy atom. The van der Waals surface area contributed by atoms with Gasteiger partial charge in [0.25, 0.3) is 5.69 Å². The molecule has 3 nitrogen and oxygen atoms in total. The maximum Gasteiger partial charge on any atom is 0.271 e. The molecule has 0 heterocycles. The van der Waals surface area contributed by atoms with Gasteiger partial charge in [0, 0.05) is 17.2 Å². The zero-order valence-corrected chi connectivity index (χ0v) is 12.2. The van der Waals surface area contributed by atoms with E-state index in [9.17, 15) is 10.1 Å². The molecule has 2 aromatic carbocycles. The molecule has 0 aliphatic carbocycles. The van der Waals surface area contributed by atoms with E-state index in [0.29, 0.717) is 11.1 Å². The second-order valence-corrected chi connectivity index (χ2v) is 5.34. The molecule has 0 bridgehead atoms. The molecule has 19 heavy (non-hydrogen) atoms. The van der Waals surface area contributed by atoms with E-state index in [1.165, 1.54) is 12.1 Å². The Labute approximate surface area is 128 Å². The van der Waals surface area contributed by atoms with Crippen LogP contribution < -0.4 is 0 Å². The summed E-state index contributed by atoms with van der Waals surface area (Å²) >= 11 is 23.6. The van der Waals surface area contributed by atoms with Crippen molar-refractivity contribution in [3.63, 3.8) is 0 Å². The van der Waals surface area contributed by atoms with E-state index >= 15 is 0 Å². The molecule has 0 radical (unpaired) electrons. The Bertz CT molecular complexity index is 650. The SMILES string of the molecule is O=[N+]([O-])c1cc(Cl)cc(-c2cc(Cl)c(Cl)c(Cl)c2)c1. The summed E-state index contributed by atoms with van der Waals surface area (Å²) in [5.41, 5.74) is 1.04. The maximum absolute atomic E-state index is 10.8. The van der Waals surface area contributed by atoms with Gasteiger partial charge in [0.05, 0.1) is 20.0 Å². The van der Waals surface area contributed by atoms with Gasteiger partial charge in [-0.1, -0.05) is 46.4 Å². The predicted octanol–water partition coefficient (Wildman–Crippen LogP) is 5.88. The maximum atomic E-state index is 10.8. The summed E-state index contributed by atoms with van der Waals surface area (Å²) in [5, 5.41) is 11.8. The summed E-state index contributed by atoms with van der Waals surface area (Å²) in [6.07, 6.45) is 0. The van der Waals surface area contributed by atoms with Crippen LogP contribution in [0.1, 0.15) is 0 Å². The quantitative estimate of drug-likeness (QED) is 0.390. The second-order valence-electron chi connectivity index (χ2n) is 3.71. The topological polar surface area (TPSA) is 43.1 Å². The summed E-state index contributed by atoms with van der Waals surface area (Å²) in [6.45, 7) is 0. The molecule has 0 amide bonds. The second kappa shape index (κ2) is 5.55. The van der Waals surface area contributed by atoms with E-state index in [-0.39, 0.29) is 25.8 Å². The molecule has 7 heteroatoms. The average Bonchev–Trinajstić information content (AvgIpc) is 2.34. The highest BCUT2D eigenvalue weighted by atomic mass is 35.5. The number of hydrogen-bond acceptors (Lipinski definition) is 2. The van der Waals surface area contributed by atoms with Crippen molar-refractivity contribution < 1.29 is 4.92 Å². The number of benzene rings is 2. The smallest absolute Gasteiger partial charge is 0.258 e. The molecule has 0 atom stereocenters. The molecule has 0 aromatic heterocycles. The molecule has 0 aliphatic rings. The number of nitrogens with zero attached hydrogens (tertiary/aromatic N) is 1. The van der Waals surface area contributed by atoms with Crippen LogP contribution in [-0.2, 0) is 0 Å². The van der Waals surface area contributed by atoms with Crippen LogP contribution in [-0.4, -0.2) is 4.92 Å². The highest BCUT2D eigenvalue weighted by Gasteiger charge is 2.12. The number of nitro benzene ring substituents is 1. The first-order chi connectivity index (χ1) is 8.88. The molecule has 0 aliphatic heterocycles. The van der Waals surface area contributed by atoms with Crippen LogP contribution in [0, 0.1) is 10.1 Å². The molecule has 2 rings (SSSR count). The molecule has 2 aromatic rings. The van der Waals surface area contributed by atoms with Crippen LogP contribution in [0.15, 0.2) is 30.3 Å². The minimum atomic E-state index is -0.519. The van der Waals surface area contributed by atoms with Crippen LogP contribution in [0.5, 0.6) is 0 Å². The molecule has 98 valence electrons. The monoisotopic (exact) mass is 335 g/mol. The van der Waals surface area contributed by atoms with Crippen molar-refractivity contribution in [2.24, 2.45) is 0 Å². The fraction of sp³-hybridized carbons (Fsp3) is 0. The van der Waals surface area contributed by atoms with Gasteiger partial charge in [-0.05, 0) is 29.3 Å². The lowest BCUT2D eigenvalue weighted by Crippen LogP contribution is -1.89. The third-order valence-corrected chi connectivity index (χ3v) is 3.83. The molecule has 0 spiro atoms. The summed E-state index contributed by atoms with van der Waals surface area (Å²) < 4.78 is 0. The van der Waals surface area contributed by atoms with E-state index in [2.05, 4.69) is 0 Å². The summed E-state index contributed by atoms with van der Waals surface area (Å²) in [7, 11) is 0. The molecule has 0 unspecified atom stereocenters. The molecule has 0 saturated carbocycles. The van der Waals surface area contributed by atoms with Gasteiger partial charge in [-0.3, -0.25) is 10.1 Å². The Kier molecular flexibility index (Phi) is 4.21. The highest BCUT2D eigenvalue weighted by Crippen LogP contribution is 2.36. The van der Waals surface area contributed by atoms with E-state index in [4.69, 9.17) is 46.4 Å². The van der Waals surface area contributed by atoms with Crippen molar-refractivity contribution >= 4 is 52.1 Å². The first kappa shape index (κ1) is 14.4. The van der Waals surface area contributed by atoms with Crippen molar-refractivity contribution in [2.45, 2.75) is 0 Å². The molecular weight excluding hydrogens is 332 g/mol. The van der Waals surface area contributed by atoms with Crippen molar-refractivity contribution in [2.75, 3.05) is 0 Å². The van der Waals surface area contributed by atoms with E-state index in [0.717, 1.165) is 0 Å². The largest absolute Gasteiger partial charge is 0.271 e. The van der Waals surface area contributed by atoms with Crippen molar-refractivity contribution in [3.8, 4) is 11.1 Å². The first-order valence-electron chi connectivity index (χ1n) is 4.98. The van der Waals surface area contributed by atoms with Crippen molar-refractivity contribution in [3.05, 3.63) is 60.5 Å². The minimum Gasteiger partial charge on any atom is -0.258 e. The average molecular weight is 337 g/mol.